The van der Waals surface area contributed by atoms with Crippen molar-refractivity contribution in [1.82, 2.24) is 10.3 Å². The predicted octanol–water partition coefficient (Wildman–Crippen LogP) is -0.0187. The number of rotatable bonds is 3. The van der Waals surface area contributed by atoms with E-state index in [9.17, 15) is 9.59 Å². The van der Waals surface area contributed by atoms with Crippen molar-refractivity contribution in [2.45, 2.75) is 6.42 Å². The monoisotopic (exact) mass is 239 g/mol. The Balaban J connectivity index is 0.00000169. The van der Waals surface area contributed by atoms with Crippen molar-refractivity contribution in [3.63, 3.8) is 0 Å². The molecule has 0 bridgehead atoms. The minimum Gasteiger partial charge on any atom is -0.350 e. The highest BCUT2D eigenvalue weighted by atomic mass is 35.5. The SMILES string of the molecule is CN1N=C(CNC(=O)CCl)CC1=O.Cl. The van der Waals surface area contributed by atoms with Gasteiger partial charge in [-0.15, -0.1) is 24.0 Å². The second kappa shape index (κ2) is 5.82. The summed E-state index contributed by atoms with van der Waals surface area (Å²) < 4.78 is 0. The van der Waals surface area contributed by atoms with Gasteiger partial charge in [-0.05, 0) is 0 Å². The Hall–Kier alpha value is -0.810. The Morgan fingerprint density at radius 3 is 2.79 bits per heavy atom. The van der Waals surface area contributed by atoms with Gasteiger partial charge in [0.05, 0.1) is 18.7 Å². The predicted molar refractivity (Wildman–Crippen MR) is 55.8 cm³/mol. The van der Waals surface area contributed by atoms with Crippen LogP contribution in [0.5, 0.6) is 0 Å². The number of halogens is 2. The van der Waals surface area contributed by atoms with E-state index in [2.05, 4.69) is 10.4 Å². The first-order valence-electron chi connectivity index (χ1n) is 3.79. The van der Waals surface area contributed by atoms with Gasteiger partial charge in [-0.25, -0.2) is 5.01 Å². The Bertz CT molecular complexity index is 268. The molecule has 0 fully saturated rings. The van der Waals surface area contributed by atoms with E-state index in [1.54, 1.807) is 7.05 Å². The van der Waals surface area contributed by atoms with Crippen LogP contribution in [0.3, 0.4) is 0 Å². The van der Waals surface area contributed by atoms with Crippen LogP contribution >= 0.6 is 24.0 Å². The molecule has 5 nitrogen and oxygen atoms in total. The average Bonchev–Trinajstić information content (AvgIpc) is 2.42. The lowest BCUT2D eigenvalue weighted by Gasteiger charge is -2.00. The van der Waals surface area contributed by atoms with E-state index in [0.717, 1.165) is 0 Å². The fourth-order valence-corrected chi connectivity index (χ4v) is 1.03. The lowest BCUT2D eigenvalue weighted by molar-refractivity contribution is -0.127. The number of hydrogen-bond donors (Lipinski definition) is 1. The Kier molecular flexibility index (Phi) is 5.49. The molecule has 0 spiro atoms. The summed E-state index contributed by atoms with van der Waals surface area (Å²) in [6.45, 7) is 0.293. The summed E-state index contributed by atoms with van der Waals surface area (Å²) in [7, 11) is 1.58. The summed E-state index contributed by atoms with van der Waals surface area (Å²) in [6.07, 6.45) is 0.277. The van der Waals surface area contributed by atoms with Gasteiger partial charge in [-0.2, -0.15) is 5.10 Å². The van der Waals surface area contributed by atoms with E-state index in [4.69, 9.17) is 11.6 Å². The van der Waals surface area contributed by atoms with Crippen molar-refractivity contribution in [1.29, 1.82) is 0 Å². The van der Waals surface area contributed by atoms with Gasteiger partial charge in [0.2, 0.25) is 11.8 Å². The zero-order chi connectivity index (χ0) is 9.84. The third kappa shape index (κ3) is 3.51. The fraction of sp³-hybridized carbons (Fsp3) is 0.571. The summed E-state index contributed by atoms with van der Waals surface area (Å²) in [5.41, 5.74) is 0.658. The summed E-state index contributed by atoms with van der Waals surface area (Å²) >= 11 is 5.27. The normalized spacial score (nSPS) is 14.9. The Morgan fingerprint density at radius 2 is 2.36 bits per heavy atom. The topological polar surface area (TPSA) is 61.8 Å². The van der Waals surface area contributed by atoms with Crippen molar-refractivity contribution in [2.24, 2.45) is 5.10 Å². The van der Waals surface area contributed by atoms with Crippen LogP contribution in [0.1, 0.15) is 6.42 Å². The molecule has 80 valence electrons. The molecular formula is C7H11Cl2N3O2. The highest BCUT2D eigenvalue weighted by Crippen LogP contribution is 2.03. The van der Waals surface area contributed by atoms with Crippen molar-refractivity contribution in [3.8, 4) is 0 Å². The molecule has 1 aliphatic heterocycles. The molecule has 1 N–H and O–H groups in total. The van der Waals surface area contributed by atoms with E-state index in [-0.39, 0.29) is 36.5 Å². The third-order valence-electron chi connectivity index (χ3n) is 1.62. The molecule has 1 heterocycles. The van der Waals surface area contributed by atoms with E-state index in [0.29, 0.717) is 12.3 Å². The highest BCUT2D eigenvalue weighted by molar-refractivity contribution is 6.27. The maximum atomic E-state index is 11.0. The minimum absolute atomic E-state index is 0. The van der Waals surface area contributed by atoms with Crippen LogP contribution in [0, 0.1) is 0 Å². The van der Waals surface area contributed by atoms with Gasteiger partial charge in [0.1, 0.15) is 5.88 Å². The van der Waals surface area contributed by atoms with Crippen LogP contribution in [-0.2, 0) is 9.59 Å². The second-order valence-electron chi connectivity index (χ2n) is 2.67. The Labute approximate surface area is 92.9 Å². The quantitative estimate of drug-likeness (QED) is 0.705. The van der Waals surface area contributed by atoms with Gasteiger partial charge < -0.3 is 5.32 Å². The number of nitrogens with zero attached hydrogens (tertiary/aromatic N) is 2. The molecule has 0 saturated carbocycles. The molecule has 7 heteroatoms. The van der Waals surface area contributed by atoms with Crippen molar-refractivity contribution < 1.29 is 9.59 Å². The molecule has 1 aliphatic rings. The van der Waals surface area contributed by atoms with Gasteiger partial charge in [0.25, 0.3) is 0 Å². The number of carbonyl (C=O) groups is 2. The first-order valence-corrected chi connectivity index (χ1v) is 4.32. The van der Waals surface area contributed by atoms with Gasteiger partial charge in [0, 0.05) is 7.05 Å². The van der Waals surface area contributed by atoms with Crippen molar-refractivity contribution >= 4 is 41.5 Å². The molecule has 0 aliphatic carbocycles. The molecule has 14 heavy (non-hydrogen) atoms. The van der Waals surface area contributed by atoms with Crippen LogP contribution in [-0.4, -0.2) is 42.0 Å². The molecule has 0 unspecified atom stereocenters. The van der Waals surface area contributed by atoms with E-state index in [1.807, 2.05) is 0 Å². The first kappa shape index (κ1) is 13.2. The van der Waals surface area contributed by atoms with E-state index < -0.39 is 0 Å². The maximum Gasteiger partial charge on any atom is 0.248 e. The number of nitrogens with one attached hydrogen (secondary N) is 1. The van der Waals surface area contributed by atoms with Crippen molar-refractivity contribution in [2.75, 3.05) is 19.5 Å². The molecular weight excluding hydrogens is 229 g/mol. The van der Waals surface area contributed by atoms with Crippen LogP contribution in [0.15, 0.2) is 5.10 Å². The lowest BCUT2D eigenvalue weighted by atomic mass is 10.3. The average molecular weight is 240 g/mol. The van der Waals surface area contributed by atoms with Crippen LogP contribution in [0.4, 0.5) is 0 Å². The smallest absolute Gasteiger partial charge is 0.248 e. The zero-order valence-corrected chi connectivity index (χ0v) is 9.19. The minimum atomic E-state index is -0.258. The number of hydrogen-bond acceptors (Lipinski definition) is 3. The Morgan fingerprint density at radius 1 is 1.71 bits per heavy atom. The number of hydrazone groups is 1. The summed E-state index contributed by atoms with van der Waals surface area (Å²) in [4.78, 5) is 21.7. The number of alkyl halides is 1. The first-order chi connectivity index (χ1) is 6.13. The second-order valence-corrected chi connectivity index (χ2v) is 2.94. The molecule has 0 aromatic carbocycles. The maximum absolute atomic E-state index is 11.0. The zero-order valence-electron chi connectivity index (χ0n) is 7.62. The molecule has 2 amide bonds. The summed E-state index contributed by atoms with van der Waals surface area (Å²) in [6, 6.07) is 0. The largest absolute Gasteiger partial charge is 0.350 e. The van der Waals surface area contributed by atoms with E-state index in [1.165, 1.54) is 5.01 Å². The molecule has 0 aromatic rings. The number of carbonyl (C=O) groups excluding carboxylic acids is 2. The molecule has 0 radical (unpaired) electrons. The molecule has 0 aromatic heterocycles. The van der Waals surface area contributed by atoms with Crippen molar-refractivity contribution in [3.05, 3.63) is 0 Å². The molecule has 1 rings (SSSR count). The molecule has 0 atom stereocenters. The van der Waals surface area contributed by atoms with E-state index >= 15 is 0 Å². The lowest BCUT2D eigenvalue weighted by Crippen LogP contribution is -2.29. The van der Waals surface area contributed by atoms with Crippen LogP contribution < -0.4 is 5.32 Å². The molecule has 0 saturated heterocycles. The highest BCUT2D eigenvalue weighted by Gasteiger charge is 2.19. The number of amides is 2. The fourth-order valence-electron chi connectivity index (χ4n) is 0.938. The third-order valence-corrected chi connectivity index (χ3v) is 1.86. The summed E-state index contributed by atoms with van der Waals surface area (Å²) in [5.74, 6) is -0.390. The standard InChI is InChI=1S/C7H10ClN3O2.ClH/c1-11-7(13)2-5(10-11)4-9-6(12)3-8;/h2-4H2,1H3,(H,9,12);1H. The van der Waals surface area contributed by atoms with Gasteiger partial charge in [-0.3, -0.25) is 9.59 Å². The summed E-state index contributed by atoms with van der Waals surface area (Å²) in [5, 5.41) is 7.72. The van der Waals surface area contributed by atoms with Gasteiger partial charge >= 0.3 is 0 Å². The van der Waals surface area contributed by atoms with Crippen LogP contribution in [0.2, 0.25) is 0 Å². The van der Waals surface area contributed by atoms with Gasteiger partial charge in [0.15, 0.2) is 0 Å². The van der Waals surface area contributed by atoms with Gasteiger partial charge in [-0.1, -0.05) is 0 Å². The van der Waals surface area contributed by atoms with Crippen LogP contribution in [0.25, 0.3) is 0 Å².